The maximum Gasteiger partial charge on any atom is 0.314 e. The minimum atomic E-state index is -0.430. The van der Waals surface area contributed by atoms with Crippen LogP contribution in [0, 0.1) is 6.42 Å². The lowest BCUT2D eigenvalue weighted by atomic mass is 10.3. The second-order valence-electron chi connectivity index (χ2n) is 2.21. The van der Waals surface area contributed by atoms with Crippen LogP contribution in [0.1, 0.15) is 6.92 Å². The Balaban J connectivity index is 2.69. The summed E-state index contributed by atoms with van der Waals surface area (Å²) in [6, 6.07) is 6.09. The van der Waals surface area contributed by atoms with Crippen molar-refractivity contribution in [2.75, 3.05) is 0 Å². The number of esters is 1. The van der Waals surface area contributed by atoms with Gasteiger partial charge in [-0.3, -0.25) is 4.79 Å². The van der Waals surface area contributed by atoms with E-state index < -0.39 is 5.97 Å². The van der Waals surface area contributed by atoms with Crippen LogP contribution in [0.2, 0.25) is 0 Å². The number of aromatic hydroxyl groups is 1. The Bertz CT molecular complexity index is 281. The zero-order valence-corrected chi connectivity index (χ0v) is 6.65. The van der Waals surface area contributed by atoms with Crippen LogP contribution in [0.25, 0.3) is 0 Å². The van der Waals surface area contributed by atoms with Crippen molar-refractivity contribution in [2.24, 2.45) is 0 Å². The Hall–Kier alpha value is -1.51. The van der Waals surface area contributed by atoms with E-state index in [2.05, 4.69) is 0 Å². The predicted octanol–water partition coefficient (Wildman–Crippen LogP) is 1.52. The van der Waals surface area contributed by atoms with Gasteiger partial charge in [-0.25, -0.2) is 0 Å². The number of hydrogen-bond donors (Lipinski definition) is 1. The van der Waals surface area contributed by atoms with Crippen molar-refractivity contribution in [3.8, 4) is 11.5 Å². The van der Waals surface area contributed by atoms with Crippen LogP contribution in [0.4, 0.5) is 0 Å². The fraction of sp³-hybridized carbons (Fsp3) is 0.111. The molecule has 0 aliphatic rings. The molecule has 3 heteroatoms. The van der Waals surface area contributed by atoms with Gasteiger partial charge in [0, 0.05) is 6.07 Å². The van der Waals surface area contributed by atoms with E-state index in [4.69, 9.17) is 9.84 Å². The Morgan fingerprint density at radius 3 is 2.92 bits per heavy atom. The molecule has 0 fully saturated rings. The van der Waals surface area contributed by atoms with Crippen molar-refractivity contribution >= 4 is 5.97 Å². The number of carbonyl (C=O) groups excluding carboxylic acids is 1. The molecule has 0 aliphatic heterocycles. The maximum absolute atomic E-state index is 10.7. The molecule has 0 aliphatic carbocycles. The van der Waals surface area contributed by atoms with Gasteiger partial charge in [-0.2, -0.15) is 0 Å². The first-order chi connectivity index (χ1) is 5.72. The van der Waals surface area contributed by atoms with Crippen molar-refractivity contribution in [3.63, 3.8) is 0 Å². The highest BCUT2D eigenvalue weighted by atomic mass is 16.5. The molecule has 1 N–H and O–H groups in total. The van der Waals surface area contributed by atoms with Crippen LogP contribution in [0.5, 0.6) is 11.5 Å². The van der Waals surface area contributed by atoms with Gasteiger partial charge >= 0.3 is 5.97 Å². The van der Waals surface area contributed by atoms with Gasteiger partial charge in [-0.05, 0) is 12.1 Å². The molecule has 63 valence electrons. The molecule has 12 heavy (non-hydrogen) atoms. The predicted molar refractivity (Wildman–Crippen MR) is 43.7 cm³/mol. The van der Waals surface area contributed by atoms with Gasteiger partial charge in [-0.15, -0.1) is 0 Å². The lowest BCUT2D eigenvalue weighted by Gasteiger charge is -2.01. The number of phenolic OH excluding ortho intramolecular Hbond substituents is 1. The molecule has 1 aromatic carbocycles. The van der Waals surface area contributed by atoms with Crippen molar-refractivity contribution in [3.05, 3.63) is 30.7 Å². The normalized spacial score (nSPS) is 9.42. The lowest BCUT2D eigenvalue weighted by molar-refractivity contribution is -0.130. The van der Waals surface area contributed by atoms with Crippen LogP contribution in [-0.4, -0.2) is 11.1 Å². The fourth-order valence-electron chi connectivity index (χ4n) is 0.722. The van der Waals surface area contributed by atoms with E-state index in [1.54, 1.807) is 19.1 Å². The molecule has 0 unspecified atom stereocenters. The average Bonchev–Trinajstić information content (AvgIpc) is 2.04. The standard InChI is InChI=1S/C9H9O3/c1-2-9(11)12-8-5-3-4-7(10)6-8/h2-6,10H,1H3. The summed E-state index contributed by atoms with van der Waals surface area (Å²) < 4.78 is 4.79. The average molecular weight is 165 g/mol. The van der Waals surface area contributed by atoms with Crippen molar-refractivity contribution < 1.29 is 14.6 Å². The molecule has 3 nitrogen and oxygen atoms in total. The highest BCUT2D eigenvalue weighted by molar-refractivity contribution is 5.80. The van der Waals surface area contributed by atoms with E-state index in [1.165, 1.54) is 18.6 Å². The largest absolute Gasteiger partial charge is 0.508 e. The molecule has 0 saturated carbocycles. The summed E-state index contributed by atoms with van der Waals surface area (Å²) in [6.45, 7) is 1.59. The summed E-state index contributed by atoms with van der Waals surface area (Å²) in [6.07, 6.45) is 1.31. The third kappa shape index (κ3) is 2.27. The monoisotopic (exact) mass is 165 g/mol. The van der Waals surface area contributed by atoms with Crippen molar-refractivity contribution in [2.45, 2.75) is 6.92 Å². The van der Waals surface area contributed by atoms with Crippen LogP contribution in [0.3, 0.4) is 0 Å². The van der Waals surface area contributed by atoms with Crippen LogP contribution >= 0.6 is 0 Å². The van der Waals surface area contributed by atoms with E-state index >= 15 is 0 Å². The molecule has 1 aromatic rings. The minimum absolute atomic E-state index is 0.0800. The Kier molecular flexibility index (Phi) is 2.69. The summed E-state index contributed by atoms with van der Waals surface area (Å²) in [5, 5.41) is 9.00. The summed E-state index contributed by atoms with van der Waals surface area (Å²) in [7, 11) is 0. The van der Waals surface area contributed by atoms with Gasteiger partial charge in [0.2, 0.25) is 0 Å². The third-order valence-corrected chi connectivity index (χ3v) is 1.27. The van der Waals surface area contributed by atoms with Crippen LogP contribution in [-0.2, 0) is 4.79 Å². The second-order valence-corrected chi connectivity index (χ2v) is 2.21. The Morgan fingerprint density at radius 1 is 1.58 bits per heavy atom. The molecule has 0 atom stereocenters. The van der Waals surface area contributed by atoms with E-state index in [1.807, 2.05) is 0 Å². The Morgan fingerprint density at radius 2 is 2.33 bits per heavy atom. The molecule has 1 radical (unpaired) electrons. The topological polar surface area (TPSA) is 46.5 Å². The van der Waals surface area contributed by atoms with Gasteiger partial charge in [0.25, 0.3) is 0 Å². The van der Waals surface area contributed by atoms with Crippen molar-refractivity contribution in [1.82, 2.24) is 0 Å². The van der Waals surface area contributed by atoms with E-state index in [0.29, 0.717) is 5.75 Å². The SMILES string of the molecule is C[CH]C(=O)Oc1cccc(O)c1. The highest BCUT2D eigenvalue weighted by Gasteiger charge is 2.01. The lowest BCUT2D eigenvalue weighted by Crippen LogP contribution is -2.05. The molecule has 0 bridgehead atoms. The van der Waals surface area contributed by atoms with E-state index in [9.17, 15) is 4.79 Å². The van der Waals surface area contributed by atoms with Gasteiger partial charge in [-0.1, -0.05) is 13.0 Å². The fourth-order valence-corrected chi connectivity index (χ4v) is 0.722. The number of carbonyl (C=O) groups is 1. The van der Waals surface area contributed by atoms with Crippen LogP contribution in [0.15, 0.2) is 24.3 Å². The van der Waals surface area contributed by atoms with Gasteiger partial charge in [0.1, 0.15) is 11.5 Å². The van der Waals surface area contributed by atoms with E-state index in [-0.39, 0.29) is 5.75 Å². The molecular formula is C9H9O3. The zero-order valence-electron chi connectivity index (χ0n) is 6.65. The number of ether oxygens (including phenoxy) is 1. The number of benzene rings is 1. The third-order valence-electron chi connectivity index (χ3n) is 1.27. The molecule has 0 spiro atoms. The summed E-state index contributed by atoms with van der Waals surface area (Å²) in [4.78, 5) is 10.7. The zero-order chi connectivity index (χ0) is 8.97. The molecular weight excluding hydrogens is 156 g/mol. The molecule has 1 rings (SSSR count). The van der Waals surface area contributed by atoms with Gasteiger partial charge in [0.05, 0.1) is 6.42 Å². The van der Waals surface area contributed by atoms with Crippen molar-refractivity contribution in [1.29, 1.82) is 0 Å². The highest BCUT2D eigenvalue weighted by Crippen LogP contribution is 2.17. The smallest absolute Gasteiger partial charge is 0.314 e. The summed E-state index contributed by atoms with van der Waals surface area (Å²) >= 11 is 0. The Labute approximate surface area is 70.6 Å². The molecule has 0 aromatic heterocycles. The molecule has 0 amide bonds. The van der Waals surface area contributed by atoms with Gasteiger partial charge in [0.15, 0.2) is 0 Å². The van der Waals surface area contributed by atoms with Crippen LogP contribution < -0.4 is 4.74 Å². The molecule has 0 saturated heterocycles. The number of phenols is 1. The molecule has 0 heterocycles. The first kappa shape index (κ1) is 8.59. The maximum atomic E-state index is 10.7. The summed E-state index contributed by atoms with van der Waals surface area (Å²) in [5.74, 6) is -0.00453. The quantitative estimate of drug-likeness (QED) is 0.533. The second kappa shape index (κ2) is 3.76. The first-order valence-electron chi connectivity index (χ1n) is 3.52. The first-order valence-corrected chi connectivity index (χ1v) is 3.52. The number of rotatable bonds is 2. The summed E-state index contributed by atoms with van der Waals surface area (Å²) in [5.41, 5.74) is 0. The van der Waals surface area contributed by atoms with E-state index in [0.717, 1.165) is 0 Å². The van der Waals surface area contributed by atoms with Gasteiger partial charge < -0.3 is 9.84 Å². The number of hydrogen-bond acceptors (Lipinski definition) is 3. The minimum Gasteiger partial charge on any atom is -0.508 e.